The van der Waals surface area contributed by atoms with Crippen molar-refractivity contribution in [1.82, 2.24) is 9.78 Å². The number of carbonyl (C=O) groups is 2. The topological polar surface area (TPSA) is 93.5 Å². The minimum Gasteiger partial charge on any atom is -0.478 e. The molecule has 1 atom stereocenters. The summed E-state index contributed by atoms with van der Waals surface area (Å²) < 4.78 is 6.80. The van der Waals surface area contributed by atoms with Crippen LogP contribution in [0.15, 0.2) is 18.2 Å². The molecule has 0 saturated carbocycles. The summed E-state index contributed by atoms with van der Waals surface area (Å²) in [5.41, 5.74) is 3.83. The van der Waals surface area contributed by atoms with Gasteiger partial charge in [-0.15, -0.1) is 0 Å². The van der Waals surface area contributed by atoms with Crippen LogP contribution in [0.4, 0.5) is 5.69 Å². The lowest BCUT2D eigenvalue weighted by molar-refractivity contribution is -0.117. The highest BCUT2D eigenvalue weighted by atomic mass is 16.5. The Morgan fingerprint density at radius 2 is 2.00 bits per heavy atom. The first-order valence-corrected chi connectivity index (χ1v) is 7.91. The second-order valence-electron chi connectivity index (χ2n) is 6.08. The predicted molar refractivity (Wildman–Crippen MR) is 93.8 cm³/mol. The fourth-order valence-corrected chi connectivity index (χ4v) is 2.94. The minimum atomic E-state index is -1.06. The second-order valence-corrected chi connectivity index (χ2v) is 6.08. The SMILES string of the molecule is COCc1cc(NC(=O)C(C)c2c(C)nn(C)c2C)cc(C(=O)O)c1. The molecule has 1 unspecified atom stereocenters. The van der Waals surface area contributed by atoms with Gasteiger partial charge in [0.05, 0.1) is 23.8 Å². The van der Waals surface area contributed by atoms with Crippen molar-refractivity contribution in [3.8, 4) is 0 Å². The number of benzene rings is 1. The molecule has 1 amide bonds. The molecular formula is C18H23N3O4. The zero-order valence-electron chi connectivity index (χ0n) is 15.1. The maximum absolute atomic E-state index is 12.7. The molecule has 2 N–H and O–H groups in total. The molecule has 134 valence electrons. The summed E-state index contributed by atoms with van der Waals surface area (Å²) in [7, 11) is 3.37. The Hall–Kier alpha value is -2.67. The Balaban J connectivity index is 2.28. The van der Waals surface area contributed by atoms with Gasteiger partial charge < -0.3 is 15.2 Å². The molecule has 0 radical (unpaired) electrons. The first-order chi connectivity index (χ1) is 11.7. The molecule has 1 heterocycles. The summed E-state index contributed by atoms with van der Waals surface area (Å²) in [6.45, 7) is 5.86. The summed E-state index contributed by atoms with van der Waals surface area (Å²) in [5, 5.41) is 16.4. The van der Waals surface area contributed by atoms with E-state index in [4.69, 9.17) is 4.74 Å². The number of aromatic nitrogens is 2. The molecular weight excluding hydrogens is 322 g/mol. The summed E-state index contributed by atoms with van der Waals surface area (Å²) in [5.74, 6) is -1.68. The van der Waals surface area contributed by atoms with E-state index in [0.29, 0.717) is 11.3 Å². The number of ether oxygens (including phenoxy) is 1. The molecule has 2 aromatic rings. The average molecular weight is 345 g/mol. The molecule has 25 heavy (non-hydrogen) atoms. The van der Waals surface area contributed by atoms with Crippen molar-refractivity contribution in [2.45, 2.75) is 33.3 Å². The van der Waals surface area contributed by atoms with Gasteiger partial charge in [0.15, 0.2) is 0 Å². The van der Waals surface area contributed by atoms with Crippen LogP contribution in [-0.4, -0.2) is 33.9 Å². The Morgan fingerprint density at radius 3 is 2.52 bits per heavy atom. The molecule has 7 heteroatoms. The first-order valence-electron chi connectivity index (χ1n) is 7.91. The van der Waals surface area contributed by atoms with E-state index in [9.17, 15) is 14.7 Å². The van der Waals surface area contributed by atoms with Crippen molar-refractivity contribution in [1.29, 1.82) is 0 Å². The summed E-state index contributed by atoms with van der Waals surface area (Å²) in [6, 6.07) is 4.68. The fourth-order valence-electron chi connectivity index (χ4n) is 2.94. The highest BCUT2D eigenvalue weighted by Crippen LogP contribution is 2.25. The Morgan fingerprint density at radius 1 is 1.32 bits per heavy atom. The van der Waals surface area contributed by atoms with Gasteiger partial charge in [0, 0.05) is 31.1 Å². The van der Waals surface area contributed by atoms with E-state index in [0.717, 1.165) is 17.0 Å². The number of hydrogen-bond donors (Lipinski definition) is 2. The molecule has 0 fully saturated rings. The smallest absolute Gasteiger partial charge is 0.335 e. The second kappa shape index (κ2) is 7.48. The highest BCUT2D eigenvalue weighted by molar-refractivity contribution is 5.97. The number of carbonyl (C=O) groups excluding carboxylic acids is 1. The third kappa shape index (κ3) is 4.06. The van der Waals surface area contributed by atoms with Gasteiger partial charge in [0.1, 0.15) is 0 Å². The normalized spacial score (nSPS) is 12.0. The fraction of sp³-hybridized carbons (Fsp3) is 0.389. The third-order valence-electron chi connectivity index (χ3n) is 4.21. The van der Waals surface area contributed by atoms with Crippen LogP contribution in [0.25, 0.3) is 0 Å². The molecule has 0 aliphatic rings. The van der Waals surface area contributed by atoms with Crippen molar-refractivity contribution in [2.75, 3.05) is 12.4 Å². The van der Waals surface area contributed by atoms with Crippen molar-refractivity contribution >= 4 is 17.6 Å². The van der Waals surface area contributed by atoms with Crippen LogP contribution in [0.5, 0.6) is 0 Å². The largest absolute Gasteiger partial charge is 0.478 e. The van der Waals surface area contributed by atoms with Crippen molar-refractivity contribution in [3.63, 3.8) is 0 Å². The van der Waals surface area contributed by atoms with Crippen LogP contribution >= 0.6 is 0 Å². The lowest BCUT2D eigenvalue weighted by Gasteiger charge is -2.14. The summed E-state index contributed by atoms with van der Waals surface area (Å²) in [6.07, 6.45) is 0. The van der Waals surface area contributed by atoms with Crippen LogP contribution in [0.1, 0.15) is 45.7 Å². The van der Waals surface area contributed by atoms with Crippen LogP contribution < -0.4 is 5.32 Å². The van der Waals surface area contributed by atoms with Crippen molar-refractivity contribution in [3.05, 3.63) is 46.3 Å². The average Bonchev–Trinajstić information content (AvgIpc) is 2.79. The minimum absolute atomic E-state index is 0.103. The van der Waals surface area contributed by atoms with Gasteiger partial charge in [-0.3, -0.25) is 9.48 Å². The number of nitrogens with zero attached hydrogens (tertiary/aromatic N) is 2. The molecule has 7 nitrogen and oxygen atoms in total. The van der Waals surface area contributed by atoms with E-state index >= 15 is 0 Å². The van der Waals surface area contributed by atoms with E-state index in [1.165, 1.54) is 19.2 Å². The lowest BCUT2D eigenvalue weighted by atomic mass is 9.98. The lowest BCUT2D eigenvalue weighted by Crippen LogP contribution is -2.20. The molecule has 1 aromatic heterocycles. The highest BCUT2D eigenvalue weighted by Gasteiger charge is 2.23. The number of rotatable bonds is 6. The van der Waals surface area contributed by atoms with Gasteiger partial charge in [0.25, 0.3) is 0 Å². The van der Waals surface area contributed by atoms with Crippen molar-refractivity contribution < 1.29 is 19.4 Å². The van der Waals surface area contributed by atoms with Crippen LogP contribution in [0.3, 0.4) is 0 Å². The predicted octanol–water partition coefficient (Wildman–Crippen LogP) is 2.62. The maximum Gasteiger partial charge on any atom is 0.335 e. The molecule has 0 aliphatic heterocycles. The van der Waals surface area contributed by atoms with E-state index in [2.05, 4.69) is 10.4 Å². The number of hydrogen-bond acceptors (Lipinski definition) is 4. The Bertz CT molecular complexity index is 811. The number of amides is 1. The number of anilines is 1. The maximum atomic E-state index is 12.7. The summed E-state index contributed by atoms with van der Waals surface area (Å²) in [4.78, 5) is 23.9. The van der Waals surface area contributed by atoms with Gasteiger partial charge in [0.2, 0.25) is 5.91 Å². The van der Waals surface area contributed by atoms with Gasteiger partial charge in [-0.25, -0.2) is 4.79 Å². The van der Waals surface area contributed by atoms with Crippen LogP contribution in [0.2, 0.25) is 0 Å². The molecule has 0 saturated heterocycles. The zero-order valence-corrected chi connectivity index (χ0v) is 15.1. The Labute approximate surface area is 146 Å². The van der Waals surface area contributed by atoms with Gasteiger partial charge in [-0.2, -0.15) is 5.10 Å². The summed E-state index contributed by atoms with van der Waals surface area (Å²) >= 11 is 0. The number of carboxylic acids is 1. The standard InChI is InChI=1S/C18H23N3O4/c1-10(16-11(2)20-21(4)12(16)3)17(22)19-15-7-13(9-25-5)6-14(8-15)18(23)24/h6-8,10H,9H2,1-5H3,(H,19,22)(H,23,24). The molecule has 1 aromatic carbocycles. The molecule has 2 rings (SSSR count). The van der Waals surface area contributed by atoms with Crippen LogP contribution in [0, 0.1) is 13.8 Å². The number of methoxy groups -OCH3 is 1. The first kappa shape index (κ1) is 18.7. The number of aryl methyl sites for hydroxylation is 2. The van der Waals surface area contributed by atoms with E-state index in [-0.39, 0.29) is 18.1 Å². The van der Waals surface area contributed by atoms with Gasteiger partial charge >= 0.3 is 5.97 Å². The van der Waals surface area contributed by atoms with Gasteiger partial charge in [-0.1, -0.05) is 0 Å². The van der Waals surface area contributed by atoms with E-state index < -0.39 is 11.9 Å². The monoisotopic (exact) mass is 345 g/mol. The Kier molecular flexibility index (Phi) is 5.58. The quantitative estimate of drug-likeness (QED) is 0.839. The zero-order chi connectivity index (χ0) is 18.7. The van der Waals surface area contributed by atoms with E-state index in [1.807, 2.05) is 27.8 Å². The molecule has 0 spiro atoms. The number of aromatic carboxylic acids is 1. The van der Waals surface area contributed by atoms with Gasteiger partial charge in [-0.05, 0) is 44.5 Å². The molecule has 0 bridgehead atoms. The van der Waals surface area contributed by atoms with Crippen molar-refractivity contribution in [2.24, 2.45) is 7.05 Å². The van der Waals surface area contributed by atoms with Crippen LogP contribution in [-0.2, 0) is 23.2 Å². The van der Waals surface area contributed by atoms with E-state index in [1.54, 1.807) is 10.7 Å². The molecule has 0 aliphatic carbocycles. The number of carboxylic acid groups (broad SMARTS) is 1. The number of nitrogens with one attached hydrogen (secondary N) is 1. The third-order valence-corrected chi connectivity index (χ3v) is 4.21.